The lowest BCUT2D eigenvalue weighted by Crippen LogP contribution is -2.37. The number of aromatic nitrogens is 1. The first-order valence-electron chi connectivity index (χ1n) is 11.1. The van der Waals surface area contributed by atoms with Gasteiger partial charge >= 0.3 is 0 Å². The van der Waals surface area contributed by atoms with Crippen LogP contribution in [0.3, 0.4) is 0 Å². The molecule has 0 spiro atoms. The lowest BCUT2D eigenvalue weighted by molar-refractivity contribution is 0.0369. The molecule has 1 saturated heterocycles. The highest BCUT2D eigenvalue weighted by molar-refractivity contribution is 6.33. The fourth-order valence-electron chi connectivity index (χ4n) is 4.44. The molecule has 1 aromatic heterocycles. The van der Waals surface area contributed by atoms with Crippen LogP contribution in [0, 0.1) is 6.92 Å². The number of primary amides is 1. The SMILES string of the molecule is CCCCCc1c(-c2ccccc2Cl)c(C(N)=O)c(C)n1CCCN1CCOCC1. The maximum atomic E-state index is 12.5. The molecule has 3 rings (SSSR count). The van der Waals surface area contributed by atoms with Gasteiger partial charge in [-0.25, -0.2) is 0 Å². The van der Waals surface area contributed by atoms with Gasteiger partial charge in [-0.2, -0.15) is 0 Å². The average molecular weight is 432 g/mol. The maximum Gasteiger partial charge on any atom is 0.251 e. The second kappa shape index (κ2) is 11.0. The highest BCUT2D eigenvalue weighted by Gasteiger charge is 2.25. The Bertz CT molecular complexity index is 856. The molecule has 5 nitrogen and oxygen atoms in total. The predicted octanol–water partition coefficient (Wildman–Crippen LogP) is 4.67. The molecule has 1 aromatic carbocycles. The topological polar surface area (TPSA) is 60.5 Å². The molecule has 1 amide bonds. The lowest BCUT2D eigenvalue weighted by Gasteiger charge is -2.26. The first-order valence-corrected chi connectivity index (χ1v) is 11.5. The molecule has 0 aliphatic carbocycles. The van der Waals surface area contributed by atoms with Crippen LogP contribution >= 0.6 is 11.6 Å². The number of rotatable bonds is 10. The third-order valence-corrected chi connectivity index (χ3v) is 6.33. The molecule has 30 heavy (non-hydrogen) atoms. The zero-order valence-electron chi connectivity index (χ0n) is 18.3. The van der Waals surface area contributed by atoms with Crippen LogP contribution in [0.2, 0.25) is 5.02 Å². The molecule has 0 radical (unpaired) electrons. The van der Waals surface area contributed by atoms with Gasteiger partial charge in [0, 0.05) is 53.7 Å². The Hall–Kier alpha value is -1.82. The van der Waals surface area contributed by atoms with Crippen molar-refractivity contribution in [2.45, 2.75) is 52.5 Å². The number of hydrogen-bond acceptors (Lipinski definition) is 3. The Balaban J connectivity index is 1.96. The summed E-state index contributed by atoms with van der Waals surface area (Å²) in [4.78, 5) is 14.9. The fourth-order valence-corrected chi connectivity index (χ4v) is 4.67. The van der Waals surface area contributed by atoms with Crippen molar-refractivity contribution in [3.8, 4) is 11.1 Å². The number of morpholine rings is 1. The Kier molecular flexibility index (Phi) is 8.37. The monoisotopic (exact) mass is 431 g/mol. The van der Waals surface area contributed by atoms with Gasteiger partial charge in [0.05, 0.1) is 18.8 Å². The molecule has 1 aliphatic heterocycles. The largest absolute Gasteiger partial charge is 0.379 e. The van der Waals surface area contributed by atoms with Crippen LogP contribution < -0.4 is 5.73 Å². The summed E-state index contributed by atoms with van der Waals surface area (Å²) in [6, 6.07) is 7.75. The summed E-state index contributed by atoms with van der Waals surface area (Å²) in [7, 11) is 0. The minimum atomic E-state index is -0.383. The van der Waals surface area contributed by atoms with Gasteiger partial charge in [0.25, 0.3) is 5.91 Å². The van der Waals surface area contributed by atoms with E-state index in [0.29, 0.717) is 10.6 Å². The van der Waals surface area contributed by atoms with E-state index in [-0.39, 0.29) is 5.91 Å². The molecule has 0 atom stereocenters. The molecular formula is C24H34ClN3O2. The third-order valence-electron chi connectivity index (χ3n) is 6.00. The van der Waals surface area contributed by atoms with Gasteiger partial charge in [-0.05, 0) is 32.3 Å². The van der Waals surface area contributed by atoms with Crippen molar-refractivity contribution in [3.05, 3.63) is 46.2 Å². The number of unbranched alkanes of at least 4 members (excludes halogenated alkanes) is 2. The molecule has 164 valence electrons. The van der Waals surface area contributed by atoms with Crippen molar-refractivity contribution in [3.63, 3.8) is 0 Å². The van der Waals surface area contributed by atoms with Crippen LogP contribution in [0.5, 0.6) is 0 Å². The van der Waals surface area contributed by atoms with Crippen molar-refractivity contribution in [2.24, 2.45) is 5.73 Å². The first kappa shape index (κ1) is 22.9. The van der Waals surface area contributed by atoms with Gasteiger partial charge in [-0.1, -0.05) is 49.6 Å². The number of nitrogens with zero attached hydrogens (tertiary/aromatic N) is 2. The van der Waals surface area contributed by atoms with Crippen molar-refractivity contribution in [2.75, 3.05) is 32.8 Å². The smallest absolute Gasteiger partial charge is 0.251 e. The Morgan fingerprint density at radius 3 is 2.53 bits per heavy atom. The third kappa shape index (κ3) is 5.26. The Morgan fingerprint density at radius 1 is 1.13 bits per heavy atom. The van der Waals surface area contributed by atoms with E-state index >= 15 is 0 Å². The highest BCUT2D eigenvalue weighted by atomic mass is 35.5. The Labute approximate surface area is 185 Å². The quantitative estimate of drug-likeness (QED) is 0.556. The van der Waals surface area contributed by atoms with E-state index in [4.69, 9.17) is 22.1 Å². The second-order valence-electron chi connectivity index (χ2n) is 8.04. The first-order chi connectivity index (χ1) is 14.5. The van der Waals surface area contributed by atoms with Gasteiger partial charge in [-0.3, -0.25) is 9.69 Å². The van der Waals surface area contributed by atoms with Gasteiger partial charge in [0.15, 0.2) is 0 Å². The number of carbonyl (C=O) groups is 1. The Morgan fingerprint density at radius 2 is 1.87 bits per heavy atom. The van der Waals surface area contributed by atoms with Crippen LogP contribution in [0.15, 0.2) is 24.3 Å². The summed E-state index contributed by atoms with van der Waals surface area (Å²) in [6.07, 6.45) is 5.34. The van der Waals surface area contributed by atoms with E-state index in [1.54, 1.807) is 0 Å². The molecule has 0 saturated carbocycles. The summed E-state index contributed by atoms with van der Waals surface area (Å²) in [5, 5.41) is 0.655. The van der Waals surface area contributed by atoms with E-state index in [9.17, 15) is 4.79 Å². The van der Waals surface area contributed by atoms with Gasteiger partial charge in [0.1, 0.15) is 0 Å². The molecule has 0 unspecified atom stereocenters. The number of hydrogen-bond donors (Lipinski definition) is 1. The second-order valence-corrected chi connectivity index (χ2v) is 8.45. The summed E-state index contributed by atoms with van der Waals surface area (Å²) in [5.74, 6) is -0.383. The van der Waals surface area contributed by atoms with Gasteiger partial charge in [0.2, 0.25) is 0 Å². The number of amides is 1. The summed E-state index contributed by atoms with van der Waals surface area (Å²) in [5.41, 5.74) is 10.4. The van der Waals surface area contributed by atoms with Crippen LogP contribution in [0.4, 0.5) is 0 Å². The highest BCUT2D eigenvalue weighted by Crippen LogP contribution is 2.37. The lowest BCUT2D eigenvalue weighted by atomic mass is 9.97. The summed E-state index contributed by atoms with van der Waals surface area (Å²) < 4.78 is 7.77. The average Bonchev–Trinajstić information content (AvgIpc) is 3.01. The number of benzene rings is 1. The standard InChI is InChI=1S/C24H34ClN3O2/c1-3-4-5-11-21-23(19-9-6-7-10-20(19)25)22(24(26)29)18(2)28(21)13-8-12-27-14-16-30-17-15-27/h6-7,9-10H,3-5,8,11-17H2,1-2H3,(H2,26,29). The van der Waals surface area contributed by atoms with Crippen molar-refractivity contribution in [1.82, 2.24) is 9.47 Å². The summed E-state index contributed by atoms with van der Waals surface area (Å²) in [6.45, 7) is 9.73. The predicted molar refractivity (Wildman–Crippen MR) is 123 cm³/mol. The van der Waals surface area contributed by atoms with E-state index in [2.05, 4.69) is 16.4 Å². The van der Waals surface area contributed by atoms with Gasteiger partial charge in [-0.15, -0.1) is 0 Å². The molecule has 2 heterocycles. The van der Waals surface area contributed by atoms with Gasteiger partial charge < -0.3 is 15.0 Å². The van der Waals surface area contributed by atoms with E-state index < -0.39 is 0 Å². The molecule has 2 N–H and O–H groups in total. The maximum absolute atomic E-state index is 12.5. The minimum absolute atomic E-state index is 0.383. The van der Waals surface area contributed by atoms with Crippen LogP contribution in [0.25, 0.3) is 11.1 Å². The fraction of sp³-hybridized carbons (Fsp3) is 0.542. The molecule has 1 aliphatic rings. The number of halogens is 1. The van der Waals surface area contributed by atoms with E-state index in [1.807, 2.05) is 31.2 Å². The summed E-state index contributed by atoms with van der Waals surface area (Å²) >= 11 is 6.56. The number of ether oxygens (including phenoxy) is 1. The molecular weight excluding hydrogens is 398 g/mol. The molecule has 0 bridgehead atoms. The molecule has 2 aromatic rings. The van der Waals surface area contributed by atoms with Crippen LogP contribution in [-0.4, -0.2) is 48.2 Å². The van der Waals surface area contributed by atoms with Crippen LogP contribution in [-0.2, 0) is 17.7 Å². The van der Waals surface area contributed by atoms with Crippen molar-refractivity contribution >= 4 is 17.5 Å². The van der Waals surface area contributed by atoms with Crippen molar-refractivity contribution < 1.29 is 9.53 Å². The zero-order valence-corrected chi connectivity index (χ0v) is 19.0. The zero-order chi connectivity index (χ0) is 21.5. The van der Waals surface area contributed by atoms with E-state index in [1.165, 1.54) is 5.69 Å². The van der Waals surface area contributed by atoms with Crippen molar-refractivity contribution in [1.29, 1.82) is 0 Å². The molecule has 6 heteroatoms. The van der Waals surface area contributed by atoms with Crippen LogP contribution in [0.1, 0.15) is 54.4 Å². The molecule has 1 fully saturated rings. The van der Waals surface area contributed by atoms with E-state index in [0.717, 1.165) is 88.3 Å². The number of nitrogens with two attached hydrogens (primary N) is 1. The number of carbonyl (C=O) groups excluding carboxylic acids is 1. The normalized spacial score (nSPS) is 14.9. The minimum Gasteiger partial charge on any atom is -0.379 e.